The normalized spacial score (nSPS) is 19.4. The number of hydrogen-bond acceptors (Lipinski definition) is 8. The maximum absolute atomic E-state index is 13.1. The Morgan fingerprint density at radius 1 is 0.467 bits per heavy atom. The third-order valence-electron chi connectivity index (χ3n) is 14.8. The predicted molar refractivity (Wildman–Crippen MR) is 318 cm³/mol. The van der Waals surface area contributed by atoms with Gasteiger partial charge < -0.3 is 40.3 Å². The van der Waals surface area contributed by atoms with E-state index in [2.05, 4.69) is 79.9 Å². The molecule has 1 aliphatic rings. The molecule has 75 heavy (non-hydrogen) atoms. The molecule has 0 spiro atoms. The average molecular weight is 1050 g/mol. The van der Waals surface area contributed by atoms with Gasteiger partial charge in [0.2, 0.25) is 5.91 Å². The van der Waals surface area contributed by atoms with Crippen molar-refractivity contribution in [2.24, 2.45) is 0 Å². The van der Waals surface area contributed by atoms with E-state index in [9.17, 15) is 30.3 Å². The van der Waals surface area contributed by atoms with Crippen molar-refractivity contribution in [2.75, 3.05) is 13.2 Å². The summed E-state index contributed by atoms with van der Waals surface area (Å²) < 4.78 is 11.3. The van der Waals surface area contributed by atoms with E-state index in [1.807, 2.05) is 6.08 Å². The zero-order valence-corrected chi connectivity index (χ0v) is 48.5. The summed E-state index contributed by atoms with van der Waals surface area (Å²) >= 11 is 0. The summed E-state index contributed by atoms with van der Waals surface area (Å²) in [6.07, 6.45) is 70.0. The van der Waals surface area contributed by atoms with Crippen molar-refractivity contribution < 1.29 is 39.8 Å². The van der Waals surface area contributed by atoms with Crippen LogP contribution >= 0.6 is 0 Å². The van der Waals surface area contributed by atoms with E-state index in [1.165, 1.54) is 199 Å². The lowest BCUT2D eigenvalue weighted by atomic mass is 9.99. The Balaban J connectivity index is 2.08. The van der Waals surface area contributed by atoms with E-state index in [-0.39, 0.29) is 12.5 Å². The summed E-state index contributed by atoms with van der Waals surface area (Å²) in [7, 11) is 0. The van der Waals surface area contributed by atoms with Gasteiger partial charge in [0.25, 0.3) is 0 Å². The molecule has 1 rings (SSSR count). The van der Waals surface area contributed by atoms with Crippen molar-refractivity contribution >= 4 is 5.91 Å². The van der Waals surface area contributed by atoms with Crippen LogP contribution in [0.15, 0.2) is 72.9 Å². The molecule has 0 aromatic rings. The highest BCUT2D eigenvalue weighted by atomic mass is 16.7. The largest absolute Gasteiger partial charge is 0.394 e. The quantitative estimate of drug-likeness (QED) is 0.0261. The van der Waals surface area contributed by atoms with Crippen LogP contribution in [0.5, 0.6) is 0 Å². The van der Waals surface area contributed by atoms with Gasteiger partial charge in [-0.25, -0.2) is 0 Å². The monoisotopic (exact) mass is 1050 g/mol. The summed E-state index contributed by atoms with van der Waals surface area (Å²) in [5.41, 5.74) is 0. The molecule has 7 unspecified atom stereocenters. The second kappa shape index (κ2) is 55.0. The van der Waals surface area contributed by atoms with Crippen LogP contribution in [0.4, 0.5) is 0 Å². The molecular formula is C66H119NO8. The first kappa shape index (κ1) is 70.6. The number of carbonyl (C=O) groups excluding carboxylic acids is 1. The number of allylic oxidation sites excluding steroid dienone is 11. The molecule has 0 radical (unpaired) electrons. The third-order valence-corrected chi connectivity index (χ3v) is 14.8. The second-order valence-electron chi connectivity index (χ2n) is 21.8. The fourth-order valence-corrected chi connectivity index (χ4v) is 9.81. The highest BCUT2D eigenvalue weighted by Crippen LogP contribution is 2.23. The summed E-state index contributed by atoms with van der Waals surface area (Å²) in [6, 6.07) is -0.822. The van der Waals surface area contributed by atoms with Crippen LogP contribution in [-0.4, -0.2) is 87.5 Å². The zero-order chi connectivity index (χ0) is 54.3. The van der Waals surface area contributed by atoms with Gasteiger partial charge in [-0.15, -0.1) is 0 Å². The van der Waals surface area contributed by atoms with Gasteiger partial charge in [-0.05, 0) is 70.6 Å². The fourth-order valence-electron chi connectivity index (χ4n) is 9.81. The molecule has 0 saturated carbocycles. The van der Waals surface area contributed by atoms with Crippen LogP contribution in [0, 0.1) is 0 Å². The number of amides is 1. The highest BCUT2D eigenvalue weighted by Gasteiger charge is 2.44. The van der Waals surface area contributed by atoms with Gasteiger partial charge in [0.15, 0.2) is 6.29 Å². The first-order chi connectivity index (χ1) is 36.8. The fraction of sp³-hybridized carbons (Fsp3) is 0.803. The van der Waals surface area contributed by atoms with Crippen LogP contribution in [0.25, 0.3) is 0 Å². The smallest absolute Gasteiger partial charge is 0.220 e. The molecule has 1 saturated heterocycles. The van der Waals surface area contributed by atoms with Gasteiger partial charge in [0, 0.05) is 6.42 Å². The first-order valence-corrected chi connectivity index (χ1v) is 31.7. The Labute approximate surface area is 461 Å². The molecule has 436 valence electrons. The summed E-state index contributed by atoms with van der Waals surface area (Å²) in [4.78, 5) is 13.1. The van der Waals surface area contributed by atoms with Crippen LogP contribution in [0.1, 0.15) is 284 Å². The minimum atomic E-state index is -1.57. The zero-order valence-electron chi connectivity index (χ0n) is 48.5. The molecule has 1 fully saturated rings. The van der Waals surface area contributed by atoms with Crippen LogP contribution in [0.3, 0.4) is 0 Å². The number of nitrogens with one attached hydrogen (secondary N) is 1. The van der Waals surface area contributed by atoms with Gasteiger partial charge in [-0.3, -0.25) is 4.79 Å². The summed E-state index contributed by atoms with van der Waals surface area (Å²) in [5, 5.41) is 54.5. The second-order valence-corrected chi connectivity index (χ2v) is 21.8. The Morgan fingerprint density at radius 3 is 1.28 bits per heavy atom. The van der Waals surface area contributed by atoms with E-state index in [1.54, 1.807) is 6.08 Å². The number of carbonyl (C=O) groups is 1. The van der Waals surface area contributed by atoms with Crippen LogP contribution in [0.2, 0.25) is 0 Å². The molecule has 9 nitrogen and oxygen atoms in total. The number of aliphatic hydroxyl groups excluding tert-OH is 5. The molecule has 0 aromatic carbocycles. The number of hydrogen-bond donors (Lipinski definition) is 6. The number of aliphatic hydroxyl groups is 5. The minimum Gasteiger partial charge on any atom is -0.394 e. The molecule has 1 amide bonds. The molecule has 7 atom stereocenters. The summed E-state index contributed by atoms with van der Waals surface area (Å²) in [6.45, 7) is 3.66. The van der Waals surface area contributed by atoms with Gasteiger partial charge in [-0.1, -0.05) is 279 Å². The summed E-state index contributed by atoms with van der Waals surface area (Å²) in [5.74, 6) is -0.184. The van der Waals surface area contributed by atoms with E-state index >= 15 is 0 Å². The number of unbranched alkanes of at least 4 members (excludes halogenated alkanes) is 34. The van der Waals surface area contributed by atoms with Crippen molar-refractivity contribution in [1.29, 1.82) is 0 Å². The lowest BCUT2D eigenvalue weighted by Gasteiger charge is -2.40. The van der Waals surface area contributed by atoms with E-state index < -0.39 is 49.5 Å². The first-order valence-electron chi connectivity index (χ1n) is 31.7. The van der Waals surface area contributed by atoms with Gasteiger partial charge in [-0.2, -0.15) is 0 Å². The SMILES string of the molecule is CC/C=C\C/C=C\C/C=C\C/C=C\CCCCCCCCCCCCCCCCCCCCCCCCCCC(=O)NC(COC1OC(CO)C(O)C(O)C1O)C(O)/C=C/CC/C=C/CCCCCCCCCCC. The molecular weight excluding hydrogens is 935 g/mol. The molecule has 1 aliphatic heterocycles. The van der Waals surface area contributed by atoms with Crippen LogP contribution in [-0.2, 0) is 14.3 Å². The molecule has 1 heterocycles. The lowest BCUT2D eigenvalue weighted by Crippen LogP contribution is -2.60. The van der Waals surface area contributed by atoms with E-state index in [0.717, 1.165) is 64.2 Å². The van der Waals surface area contributed by atoms with Crippen molar-refractivity contribution in [3.05, 3.63) is 72.9 Å². The topological polar surface area (TPSA) is 149 Å². The molecule has 0 aromatic heterocycles. The Bertz CT molecular complexity index is 1410. The Morgan fingerprint density at radius 2 is 0.840 bits per heavy atom. The Hall–Kier alpha value is -2.37. The molecule has 9 heteroatoms. The number of ether oxygens (including phenoxy) is 2. The average Bonchev–Trinajstić information content (AvgIpc) is 3.41. The van der Waals surface area contributed by atoms with Gasteiger partial charge in [0.05, 0.1) is 25.4 Å². The van der Waals surface area contributed by atoms with E-state index in [0.29, 0.717) is 6.42 Å². The lowest BCUT2D eigenvalue weighted by molar-refractivity contribution is -0.302. The minimum absolute atomic E-state index is 0.184. The van der Waals surface area contributed by atoms with E-state index in [4.69, 9.17) is 9.47 Å². The van der Waals surface area contributed by atoms with Crippen LogP contribution < -0.4 is 5.32 Å². The Kier molecular flexibility index (Phi) is 51.8. The maximum atomic E-state index is 13.1. The molecule has 6 N–H and O–H groups in total. The van der Waals surface area contributed by atoms with Crippen molar-refractivity contribution in [3.8, 4) is 0 Å². The van der Waals surface area contributed by atoms with Crippen molar-refractivity contribution in [1.82, 2.24) is 5.32 Å². The van der Waals surface area contributed by atoms with Gasteiger partial charge in [0.1, 0.15) is 24.4 Å². The predicted octanol–water partition coefficient (Wildman–Crippen LogP) is 16.4. The van der Waals surface area contributed by atoms with Gasteiger partial charge >= 0.3 is 0 Å². The van der Waals surface area contributed by atoms with Crippen molar-refractivity contribution in [2.45, 2.75) is 326 Å². The maximum Gasteiger partial charge on any atom is 0.220 e. The molecule has 0 aliphatic carbocycles. The third kappa shape index (κ3) is 44.2. The van der Waals surface area contributed by atoms with Crippen molar-refractivity contribution in [3.63, 3.8) is 0 Å². The highest BCUT2D eigenvalue weighted by molar-refractivity contribution is 5.76. The molecule has 0 bridgehead atoms. The number of rotatable bonds is 54. The standard InChI is InChI=1S/C66H119NO8/c1-3-5-7-9-11-13-15-17-19-20-21-22-23-24-25-26-27-28-29-30-31-32-33-34-35-36-37-38-39-40-42-44-46-48-50-52-54-56-62(70)67-59(58-74-66-65(73)64(72)63(71)61(57-68)75-66)60(69)55-53-51-49-47-45-43-41-18-16-14-12-10-8-6-4-2/h5,7,11,13,17,19,21-22,45,47,53,55,59-61,63-66,68-69,71-73H,3-4,6,8-10,12,14-16,18,20,23-44,46,48-52,54,56-58H2,1-2H3,(H,67,70)/b7-5-,13-11-,19-17-,22-21-,47-45+,55-53+.